The number of nitrogens with zero attached hydrogens (tertiary/aromatic N) is 3. The van der Waals surface area contributed by atoms with Gasteiger partial charge in [-0.3, -0.25) is 14.5 Å². The van der Waals surface area contributed by atoms with Gasteiger partial charge in [0.15, 0.2) is 5.82 Å². The highest BCUT2D eigenvalue weighted by Crippen LogP contribution is 2.47. The van der Waals surface area contributed by atoms with Gasteiger partial charge >= 0.3 is 0 Å². The molecule has 0 radical (unpaired) electrons. The lowest BCUT2D eigenvalue weighted by Gasteiger charge is -2.26. The quantitative estimate of drug-likeness (QED) is 0.899. The van der Waals surface area contributed by atoms with Crippen molar-refractivity contribution in [3.63, 3.8) is 0 Å². The number of nitrogens with two attached hydrogens (primary N) is 1. The second-order valence-corrected chi connectivity index (χ2v) is 6.68. The minimum atomic E-state index is -0.0564. The van der Waals surface area contributed by atoms with Crippen molar-refractivity contribution in [1.29, 1.82) is 0 Å². The van der Waals surface area contributed by atoms with Crippen molar-refractivity contribution in [1.82, 2.24) is 14.8 Å². The Kier molecular flexibility index (Phi) is 3.61. The van der Waals surface area contributed by atoms with Gasteiger partial charge in [0, 0.05) is 30.7 Å². The molecule has 2 fully saturated rings. The molecule has 0 spiro atoms. The third kappa shape index (κ3) is 2.74. The van der Waals surface area contributed by atoms with Crippen LogP contribution in [0.1, 0.15) is 24.8 Å². The molecule has 120 valence electrons. The summed E-state index contributed by atoms with van der Waals surface area (Å²) in [5, 5.41) is 7.37. The zero-order valence-corrected chi connectivity index (χ0v) is 12.9. The summed E-state index contributed by atoms with van der Waals surface area (Å²) in [6.45, 7) is 0.659. The van der Waals surface area contributed by atoms with Crippen LogP contribution in [0.15, 0.2) is 36.8 Å². The smallest absolute Gasteiger partial charge is 0.230 e. The topological polar surface area (TPSA) is 85.8 Å². The summed E-state index contributed by atoms with van der Waals surface area (Å²) in [7, 11) is 0. The molecule has 2 bridgehead atoms. The fraction of sp³-hybridized carbons (Fsp3) is 0.471. The maximum absolute atomic E-state index is 12.5. The van der Waals surface area contributed by atoms with Crippen molar-refractivity contribution in [2.24, 2.45) is 23.5 Å². The van der Waals surface area contributed by atoms with Crippen molar-refractivity contribution in [2.45, 2.75) is 31.8 Å². The van der Waals surface area contributed by atoms with Gasteiger partial charge in [-0.1, -0.05) is 0 Å². The van der Waals surface area contributed by atoms with Crippen molar-refractivity contribution in [2.75, 3.05) is 5.32 Å². The average molecular weight is 311 g/mol. The second-order valence-electron chi connectivity index (χ2n) is 6.68. The Balaban J connectivity index is 1.41. The Labute approximate surface area is 135 Å². The molecule has 4 rings (SSSR count). The highest BCUT2D eigenvalue weighted by molar-refractivity contribution is 5.92. The highest BCUT2D eigenvalue weighted by atomic mass is 16.2. The van der Waals surface area contributed by atoms with Crippen LogP contribution in [0.3, 0.4) is 0 Å². The molecular formula is C17H21N5O. The normalized spacial score (nSPS) is 28.9. The van der Waals surface area contributed by atoms with E-state index in [2.05, 4.69) is 15.4 Å². The van der Waals surface area contributed by atoms with Gasteiger partial charge in [0.25, 0.3) is 0 Å². The van der Waals surface area contributed by atoms with Crippen LogP contribution in [0.25, 0.3) is 0 Å². The fourth-order valence-corrected chi connectivity index (χ4v) is 4.13. The molecule has 2 aromatic rings. The number of aromatic nitrogens is 3. The predicted octanol–water partition coefficient (Wildman–Crippen LogP) is 1.64. The van der Waals surface area contributed by atoms with Crippen molar-refractivity contribution in [3.05, 3.63) is 42.4 Å². The first kappa shape index (κ1) is 14.4. The molecule has 0 saturated heterocycles. The standard InChI is InChI=1S/C17H21N5O/c18-16-13-2-1-12(9-13)15(16)17(23)20-14-5-8-22(21-14)10-11-3-6-19-7-4-11/h3-8,12-13,15-16H,1-2,9-10,18H2,(H,20,21,23). The Morgan fingerprint density at radius 2 is 2.04 bits per heavy atom. The van der Waals surface area contributed by atoms with E-state index in [0.29, 0.717) is 24.2 Å². The molecule has 23 heavy (non-hydrogen) atoms. The summed E-state index contributed by atoms with van der Waals surface area (Å²) in [4.78, 5) is 16.5. The Hall–Kier alpha value is -2.21. The van der Waals surface area contributed by atoms with Gasteiger partial charge in [-0.15, -0.1) is 0 Å². The summed E-state index contributed by atoms with van der Waals surface area (Å²) in [5.41, 5.74) is 7.36. The lowest BCUT2D eigenvalue weighted by atomic mass is 9.84. The van der Waals surface area contributed by atoms with Gasteiger partial charge in [0.1, 0.15) is 0 Å². The van der Waals surface area contributed by atoms with E-state index in [9.17, 15) is 4.79 Å². The summed E-state index contributed by atoms with van der Waals surface area (Å²) in [6.07, 6.45) is 8.81. The molecule has 2 heterocycles. The third-order valence-corrected chi connectivity index (χ3v) is 5.27. The van der Waals surface area contributed by atoms with Crippen LogP contribution in [0, 0.1) is 17.8 Å². The van der Waals surface area contributed by atoms with Crippen LogP contribution in [0.2, 0.25) is 0 Å². The molecule has 4 unspecified atom stereocenters. The average Bonchev–Trinajstić information content (AvgIpc) is 3.25. The van der Waals surface area contributed by atoms with Crippen molar-refractivity contribution >= 4 is 11.7 Å². The van der Waals surface area contributed by atoms with Crippen molar-refractivity contribution in [3.8, 4) is 0 Å². The Bertz CT molecular complexity index is 696. The number of carbonyl (C=O) groups excluding carboxylic acids is 1. The maximum Gasteiger partial charge on any atom is 0.230 e. The SMILES string of the molecule is NC1C2CCC(C2)C1C(=O)Nc1ccn(Cc2ccncc2)n1. The third-order valence-electron chi connectivity index (χ3n) is 5.27. The Morgan fingerprint density at radius 1 is 1.26 bits per heavy atom. The van der Waals surface area contributed by atoms with Gasteiger partial charge in [0.05, 0.1) is 12.5 Å². The summed E-state index contributed by atoms with van der Waals surface area (Å²) >= 11 is 0. The summed E-state index contributed by atoms with van der Waals surface area (Å²) < 4.78 is 1.81. The van der Waals surface area contributed by atoms with Gasteiger partial charge in [-0.05, 0) is 48.8 Å². The van der Waals surface area contributed by atoms with E-state index in [1.165, 1.54) is 6.42 Å². The minimum Gasteiger partial charge on any atom is -0.327 e. The van der Waals surface area contributed by atoms with Gasteiger partial charge in [-0.25, -0.2) is 0 Å². The van der Waals surface area contributed by atoms with E-state index < -0.39 is 0 Å². The van der Waals surface area contributed by atoms with Gasteiger partial charge in [0.2, 0.25) is 5.91 Å². The number of anilines is 1. The second kappa shape index (κ2) is 5.77. The monoisotopic (exact) mass is 311 g/mol. The number of fused-ring (bicyclic) bond motifs is 2. The van der Waals surface area contributed by atoms with Gasteiger partial charge in [-0.2, -0.15) is 5.10 Å². The van der Waals surface area contributed by atoms with E-state index in [0.717, 1.165) is 18.4 Å². The van der Waals surface area contributed by atoms with E-state index in [1.807, 2.05) is 29.1 Å². The molecule has 2 saturated carbocycles. The molecule has 6 nitrogen and oxygen atoms in total. The number of pyridine rings is 1. The van der Waals surface area contributed by atoms with E-state index in [4.69, 9.17) is 5.73 Å². The van der Waals surface area contributed by atoms with E-state index in [1.54, 1.807) is 12.4 Å². The first-order valence-corrected chi connectivity index (χ1v) is 8.19. The molecule has 2 aromatic heterocycles. The molecule has 1 amide bonds. The minimum absolute atomic E-state index is 0.00709. The van der Waals surface area contributed by atoms with Crippen LogP contribution in [-0.4, -0.2) is 26.7 Å². The van der Waals surface area contributed by atoms with E-state index in [-0.39, 0.29) is 17.9 Å². The van der Waals surface area contributed by atoms with E-state index >= 15 is 0 Å². The highest BCUT2D eigenvalue weighted by Gasteiger charge is 2.49. The lowest BCUT2D eigenvalue weighted by Crippen LogP contribution is -2.42. The molecule has 6 heteroatoms. The molecule has 3 N–H and O–H groups in total. The molecule has 2 aliphatic rings. The molecule has 0 aliphatic heterocycles. The molecule has 0 aromatic carbocycles. The molecule has 2 aliphatic carbocycles. The van der Waals surface area contributed by atoms with Crippen LogP contribution >= 0.6 is 0 Å². The van der Waals surface area contributed by atoms with Crippen molar-refractivity contribution < 1.29 is 4.79 Å². The Morgan fingerprint density at radius 3 is 2.78 bits per heavy atom. The number of nitrogens with one attached hydrogen (secondary N) is 1. The zero-order valence-electron chi connectivity index (χ0n) is 12.9. The van der Waals surface area contributed by atoms with Crippen LogP contribution < -0.4 is 11.1 Å². The van der Waals surface area contributed by atoms with Crippen LogP contribution in [0.5, 0.6) is 0 Å². The zero-order chi connectivity index (χ0) is 15.8. The number of amides is 1. The van der Waals surface area contributed by atoms with Gasteiger partial charge < -0.3 is 11.1 Å². The largest absolute Gasteiger partial charge is 0.327 e. The van der Waals surface area contributed by atoms with Crippen LogP contribution in [0.4, 0.5) is 5.82 Å². The van der Waals surface area contributed by atoms with Crippen LogP contribution in [-0.2, 0) is 11.3 Å². The summed E-state index contributed by atoms with van der Waals surface area (Å²) in [5.74, 6) is 1.55. The maximum atomic E-state index is 12.5. The number of hydrogen-bond donors (Lipinski definition) is 2. The predicted molar refractivity (Wildman–Crippen MR) is 86.5 cm³/mol. The molecule has 4 atom stereocenters. The number of rotatable bonds is 4. The molecular weight excluding hydrogens is 290 g/mol. The number of carbonyl (C=O) groups is 1. The fourth-order valence-electron chi connectivity index (χ4n) is 4.13. The first-order valence-electron chi connectivity index (χ1n) is 8.19. The lowest BCUT2D eigenvalue weighted by molar-refractivity contribution is -0.121. The number of hydrogen-bond acceptors (Lipinski definition) is 4. The first-order chi connectivity index (χ1) is 11.2. The summed E-state index contributed by atoms with van der Waals surface area (Å²) in [6, 6.07) is 5.74.